The molecule has 3 N–H and O–H groups in total. The maximum absolute atomic E-state index is 9.82. The molecule has 4 rings (SSSR count). The molecule has 1 aromatic carbocycles. The van der Waals surface area contributed by atoms with Crippen LogP contribution in [0, 0.1) is 13.8 Å². The third kappa shape index (κ3) is 5.00. The van der Waals surface area contributed by atoms with Gasteiger partial charge in [0.2, 0.25) is 0 Å². The summed E-state index contributed by atoms with van der Waals surface area (Å²) in [5.41, 5.74) is 3.31. The summed E-state index contributed by atoms with van der Waals surface area (Å²) in [7, 11) is 0. The van der Waals surface area contributed by atoms with Crippen molar-refractivity contribution in [2.75, 3.05) is 23.3 Å². The lowest BCUT2D eigenvalue weighted by atomic mass is 10.1. The fourth-order valence-electron chi connectivity index (χ4n) is 3.31. The van der Waals surface area contributed by atoms with Gasteiger partial charge in [0.25, 0.3) is 0 Å². The first kappa shape index (κ1) is 19.1. The van der Waals surface area contributed by atoms with Crippen LogP contribution in [0.2, 0.25) is 0 Å². The Hall–Kier alpha value is -3.19. The molecular weight excluding hydrogens is 364 g/mol. The Bertz CT molecular complexity index is 987. The number of nitrogens with zero attached hydrogens (tertiary/aromatic N) is 4. The highest BCUT2D eigenvalue weighted by molar-refractivity contribution is 5.69. The van der Waals surface area contributed by atoms with E-state index in [0.717, 1.165) is 48.8 Å². The first-order valence-corrected chi connectivity index (χ1v) is 9.91. The Labute approximate surface area is 170 Å². The number of aromatic nitrogens is 4. The van der Waals surface area contributed by atoms with E-state index in [4.69, 9.17) is 4.98 Å². The van der Waals surface area contributed by atoms with Gasteiger partial charge in [-0.25, -0.2) is 9.97 Å². The number of benzene rings is 1. The van der Waals surface area contributed by atoms with E-state index in [9.17, 15) is 5.11 Å². The van der Waals surface area contributed by atoms with Crippen LogP contribution in [0.5, 0.6) is 0 Å². The summed E-state index contributed by atoms with van der Waals surface area (Å²) in [4.78, 5) is 11.6. The van der Waals surface area contributed by atoms with Crippen LogP contribution >= 0.6 is 0 Å². The van der Waals surface area contributed by atoms with Crippen molar-refractivity contribution in [3.63, 3.8) is 0 Å². The van der Waals surface area contributed by atoms with Gasteiger partial charge >= 0.3 is 0 Å². The summed E-state index contributed by atoms with van der Waals surface area (Å²) < 4.78 is 0. The molecule has 150 valence electrons. The van der Waals surface area contributed by atoms with Gasteiger partial charge in [0.1, 0.15) is 11.6 Å². The molecule has 0 bridgehead atoms. The maximum atomic E-state index is 9.82. The molecule has 0 unspecified atom stereocenters. The quantitative estimate of drug-likeness (QED) is 0.616. The van der Waals surface area contributed by atoms with Crippen LogP contribution in [0.15, 0.2) is 36.4 Å². The molecule has 0 aliphatic carbocycles. The van der Waals surface area contributed by atoms with Crippen LogP contribution in [-0.4, -0.2) is 44.5 Å². The smallest absolute Gasteiger partial charge is 0.156 e. The second-order valence-electron chi connectivity index (χ2n) is 7.49. The molecule has 29 heavy (non-hydrogen) atoms. The summed E-state index contributed by atoms with van der Waals surface area (Å²) in [5, 5.41) is 20.2. The number of aryl methyl sites for hydroxylation is 2. The zero-order valence-corrected chi connectivity index (χ0v) is 16.8. The Balaban J connectivity index is 1.62. The van der Waals surface area contributed by atoms with E-state index in [1.54, 1.807) is 0 Å². The summed E-state index contributed by atoms with van der Waals surface area (Å²) in [6.45, 7) is 5.59. The number of aliphatic hydroxyl groups excluding tert-OH is 1. The molecule has 0 atom stereocenters. The van der Waals surface area contributed by atoms with Crippen molar-refractivity contribution in [2.24, 2.45) is 0 Å². The van der Waals surface area contributed by atoms with Crippen LogP contribution in [0.3, 0.4) is 0 Å². The van der Waals surface area contributed by atoms with E-state index < -0.39 is 0 Å². The lowest BCUT2D eigenvalue weighted by molar-refractivity contribution is 0.145. The minimum absolute atomic E-state index is 0.224. The van der Waals surface area contributed by atoms with E-state index in [0.29, 0.717) is 11.6 Å². The Morgan fingerprint density at radius 3 is 2.48 bits per heavy atom. The average Bonchev–Trinajstić information content (AvgIpc) is 3.12. The third-order valence-corrected chi connectivity index (χ3v) is 4.98. The topological polar surface area (TPSA) is 90.0 Å². The zero-order valence-electron chi connectivity index (χ0n) is 16.8. The number of H-pyrrole nitrogens is 1. The van der Waals surface area contributed by atoms with Crippen molar-refractivity contribution >= 4 is 29.6 Å². The van der Waals surface area contributed by atoms with Gasteiger partial charge in [0.15, 0.2) is 11.6 Å². The first-order chi connectivity index (χ1) is 14.0. The van der Waals surface area contributed by atoms with E-state index in [1.165, 1.54) is 5.56 Å². The number of nitrogens with one attached hydrogen (secondary N) is 2. The van der Waals surface area contributed by atoms with E-state index >= 15 is 0 Å². The fourth-order valence-corrected chi connectivity index (χ4v) is 3.31. The minimum atomic E-state index is -0.224. The van der Waals surface area contributed by atoms with Crippen molar-refractivity contribution in [3.8, 4) is 0 Å². The molecule has 3 aromatic rings. The predicted octanol–water partition coefficient (Wildman–Crippen LogP) is 3.69. The van der Waals surface area contributed by atoms with Crippen LogP contribution in [-0.2, 0) is 0 Å². The molecule has 7 nitrogen and oxygen atoms in total. The van der Waals surface area contributed by atoms with Gasteiger partial charge in [-0.05, 0) is 38.3 Å². The molecule has 0 radical (unpaired) electrons. The van der Waals surface area contributed by atoms with Gasteiger partial charge < -0.3 is 15.3 Å². The standard InChI is InChI=1S/C22H26N6O/c1-15-3-5-17(6-4-15)7-8-19-23-20(24-21-13-16(2)26-27-21)14-22(25-19)28-11-9-18(29)10-12-28/h3-8,13-14,18,29H,9-12H2,1-2H3,(H2,23,24,25,26,27)/b8-7+. The molecular formula is C22H26N6O. The molecule has 3 heterocycles. The lowest BCUT2D eigenvalue weighted by Gasteiger charge is -2.30. The maximum Gasteiger partial charge on any atom is 0.156 e. The summed E-state index contributed by atoms with van der Waals surface area (Å²) in [6.07, 6.45) is 5.22. The molecule has 1 fully saturated rings. The predicted molar refractivity (Wildman–Crippen MR) is 116 cm³/mol. The molecule has 7 heteroatoms. The van der Waals surface area contributed by atoms with Crippen LogP contribution in [0.25, 0.3) is 12.2 Å². The number of anilines is 3. The van der Waals surface area contributed by atoms with Gasteiger partial charge in [-0.2, -0.15) is 5.10 Å². The molecule has 0 spiro atoms. The second-order valence-corrected chi connectivity index (χ2v) is 7.49. The van der Waals surface area contributed by atoms with Crippen molar-refractivity contribution in [3.05, 3.63) is 59.0 Å². The van der Waals surface area contributed by atoms with Gasteiger partial charge in [0, 0.05) is 30.9 Å². The Morgan fingerprint density at radius 2 is 1.79 bits per heavy atom. The number of hydrogen-bond donors (Lipinski definition) is 3. The number of aromatic amines is 1. The number of aliphatic hydroxyl groups is 1. The highest BCUT2D eigenvalue weighted by Gasteiger charge is 2.19. The first-order valence-electron chi connectivity index (χ1n) is 9.91. The van der Waals surface area contributed by atoms with Crippen LogP contribution < -0.4 is 10.2 Å². The second kappa shape index (κ2) is 8.45. The summed E-state index contributed by atoms with van der Waals surface area (Å²) in [6, 6.07) is 12.2. The highest BCUT2D eigenvalue weighted by atomic mass is 16.3. The normalized spacial score (nSPS) is 15.2. The molecule has 0 amide bonds. The Kier molecular flexibility index (Phi) is 5.57. The lowest BCUT2D eigenvalue weighted by Crippen LogP contribution is -2.36. The third-order valence-electron chi connectivity index (χ3n) is 4.98. The van der Waals surface area contributed by atoms with Gasteiger partial charge in [-0.1, -0.05) is 35.9 Å². The number of rotatable bonds is 5. The average molecular weight is 390 g/mol. The van der Waals surface area contributed by atoms with E-state index in [-0.39, 0.29) is 6.10 Å². The summed E-state index contributed by atoms with van der Waals surface area (Å²) in [5.74, 6) is 2.89. The SMILES string of the molecule is Cc1ccc(/C=C/c2nc(Nc3cc(C)[nH]n3)cc(N3CCC(O)CC3)n2)cc1. The van der Waals surface area contributed by atoms with Gasteiger partial charge in [-0.15, -0.1) is 0 Å². The molecule has 0 saturated carbocycles. The van der Waals surface area contributed by atoms with Gasteiger partial charge in [-0.3, -0.25) is 5.10 Å². The van der Waals surface area contributed by atoms with Crippen molar-refractivity contribution in [2.45, 2.75) is 32.8 Å². The van der Waals surface area contributed by atoms with E-state index in [2.05, 4.69) is 56.6 Å². The molecule has 1 aliphatic heterocycles. The number of piperidine rings is 1. The highest BCUT2D eigenvalue weighted by Crippen LogP contribution is 2.23. The van der Waals surface area contributed by atoms with Crippen molar-refractivity contribution < 1.29 is 5.11 Å². The van der Waals surface area contributed by atoms with Crippen LogP contribution in [0.1, 0.15) is 35.5 Å². The van der Waals surface area contributed by atoms with E-state index in [1.807, 2.05) is 31.2 Å². The monoisotopic (exact) mass is 390 g/mol. The van der Waals surface area contributed by atoms with Crippen molar-refractivity contribution in [1.29, 1.82) is 0 Å². The Morgan fingerprint density at radius 1 is 1.03 bits per heavy atom. The number of hydrogen-bond acceptors (Lipinski definition) is 6. The van der Waals surface area contributed by atoms with Crippen LogP contribution in [0.4, 0.5) is 17.5 Å². The largest absolute Gasteiger partial charge is 0.393 e. The molecule has 1 aliphatic rings. The fraction of sp³-hybridized carbons (Fsp3) is 0.318. The minimum Gasteiger partial charge on any atom is -0.393 e. The molecule has 2 aromatic heterocycles. The van der Waals surface area contributed by atoms with Crippen molar-refractivity contribution in [1.82, 2.24) is 20.2 Å². The zero-order chi connectivity index (χ0) is 20.2. The van der Waals surface area contributed by atoms with Gasteiger partial charge in [0.05, 0.1) is 6.10 Å². The summed E-state index contributed by atoms with van der Waals surface area (Å²) >= 11 is 0. The molecule has 1 saturated heterocycles.